The number of nitrogens with zero attached hydrogens (tertiary/aromatic N) is 1. The number of carbonyl (C=O) groups excluding carboxylic acids is 1. The third-order valence-corrected chi connectivity index (χ3v) is 0.827. The van der Waals surface area contributed by atoms with Crippen molar-refractivity contribution in [1.82, 2.24) is 4.98 Å². The summed E-state index contributed by atoms with van der Waals surface area (Å²) in [7, 11) is 1.29. The maximum atomic E-state index is 10.5. The first kappa shape index (κ1) is 5.81. The van der Waals surface area contributed by atoms with Gasteiger partial charge in [-0.3, -0.25) is 0 Å². The van der Waals surface area contributed by atoms with Crippen molar-refractivity contribution >= 4 is 5.97 Å². The highest BCUT2D eigenvalue weighted by Gasteiger charge is 2.06. The van der Waals surface area contributed by atoms with Gasteiger partial charge in [-0.2, -0.15) is 0 Å². The Hall–Kier alpha value is -1.32. The summed E-state index contributed by atoms with van der Waals surface area (Å²) < 4.78 is 8.86. The topological polar surface area (TPSA) is 52.3 Å². The van der Waals surface area contributed by atoms with Crippen LogP contribution < -0.4 is 0 Å². The van der Waals surface area contributed by atoms with E-state index in [-0.39, 0.29) is 5.69 Å². The van der Waals surface area contributed by atoms with Gasteiger partial charge >= 0.3 is 5.97 Å². The second kappa shape index (κ2) is 2.30. The minimum Gasteiger partial charge on any atom is -0.464 e. The molecule has 0 bridgehead atoms. The molecule has 0 atom stereocenters. The molecule has 0 spiro atoms. The Morgan fingerprint density at radius 1 is 1.89 bits per heavy atom. The van der Waals surface area contributed by atoms with E-state index in [9.17, 15) is 4.79 Å². The fourth-order valence-corrected chi connectivity index (χ4v) is 0.418. The lowest BCUT2D eigenvalue weighted by molar-refractivity contribution is 0.0594. The van der Waals surface area contributed by atoms with Crippen molar-refractivity contribution in [3.8, 4) is 0 Å². The molecular weight excluding hydrogens is 122 g/mol. The van der Waals surface area contributed by atoms with Crippen molar-refractivity contribution in [3.05, 3.63) is 18.4 Å². The third-order valence-electron chi connectivity index (χ3n) is 0.827. The molecule has 0 aliphatic heterocycles. The molecule has 9 heavy (non-hydrogen) atoms. The van der Waals surface area contributed by atoms with E-state index in [2.05, 4.69) is 14.1 Å². The highest BCUT2D eigenvalue weighted by Crippen LogP contribution is 1.94. The Kier molecular flexibility index (Phi) is 1.48. The number of methoxy groups -OCH3 is 1. The number of esters is 1. The van der Waals surface area contributed by atoms with Crippen LogP contribution in [0.1, 0.15) is 10.5 Å². The number of hydrogen-bond acceptors (Lipinski definition) is 4. The average Bonchev–Trinajstić information content (AvgIpc) is 2.37. The number of ether oxygens (including phenoxy) is 1. The smallest absolute Gasteiger partial charge is 0.360 e. The standard InChI is InChI=1S/C5H5NO3/c1-8-5(7)4-2-9-3-6-4/h2-3H,1H3. The van der Waals surface area contributed by atoms with E-state index >= 15 is 0 Å². The molecule has 0 fully saturated rings. The number of hydrogen-bond donors (Lipinski definition) is 0. The van der Waals surface area contributed by atoms with Gasteiger partial charge in [-0.05, 0) is 0 Å². The van der Waals surface area contributed by atoms with Crippen LogP contribution in [0, 0.1) is 0 Å². The van der Waals surface area contributed by atoms with E-state index in [1.807, 2.05) is 0 Å². The molecule has 0 aliphatic carbocycles. The molecule has 0 radical (unpaired) electrons. The fourth-order valence-electron chi connectivity index (χ4n) is 0.418. The van der Waals surface area contributed by atoms with Gasteiger partial charge in [-0.25, -0.2) is 9.78 Å². The van der Waals surface area contributed by atoms with Gasteiger partial charge in [-0.15, -0.1) is 0 Å². The highest BCUT2D eigenvalue weighted by molar-refractivity contribution is 5.86. The summed E-state index contributed by atoms with van der Waals surface area (Å²) in [4.78, 5) is 14.1. The Balaban J connectivity index is 2.77. The molecule has 0 amide bonds. The summed E-state index contributed by atoms with van der Waals surface area (Å²) in [6.45, 7) is 0. The first-order valence-electron chi connectivity index (χ1n) is 2.31. The van der Waals surface area contributed by atoms with Gasteiger partial charge in [0.2, 0.25) is 0 Å². The lowest BCUT2D eigenvalue weighted by Crippen LogP contribution is -2.00. The van der Waals surface area contributed by atoms with Gasteiger partial charge in [0.05, 0.1) is 7.11 Å². The monoisotopic (exact) mass is 127 g/mol. The summed E-state index contributed by atoms with van der Waals surface area (Å²) >= 11 is 0. The number of aromatic nitrogens is 1. The SMILES string of the molecule is COC(=O)c1cocn1. The molecule has 1 aromatic rings. The van der Waals surface area contributed by atoms with Gasteiger partial charge in [0, 0.05) is 0 Å². The Labute approximate surface area is 51.5 Å². The molecule has 0 aromatic carbocycles. The van der Waals surface area contributed by atoms with Crippen molar-refractivity contribution in [2.75, 3.05) is 7.11 Å². The molecule has 4 heteroatoms. The highest BCUT2D eigenvalue weighted by atomic mass is 16.5. The summed E-state index contributed by atoms with van der Waals surface area (Å²) in [5, 5.41) is 0. The minimum absolute atomic E-state index is 0.192. The average molecular weight is 127 g/mol. The summed E-state index contributed by atoms with van der Waals surface area (Å²) in [5.74, 6) is -0.483. The normalized spacial score (nSPS) is 9.00. The fraction of sp³-hybridized carbons (Fsp3) is 0.200. The molecule has 0 aliphatic rings. The van der Waals surface area contributed by atoms with Crippen LogP contribution in [0.5, 0.6) is 0 Å². The Bertz CT molecular complexity index is 192. The van der Waals surface area contributed by atoms with Crippen LogP contribution in [-0.2, 0) is 4.74 Å². The van der Waals surface area contributed by atoms with Crippen LogP contribution in [-0.4, -0.2) is 18.1 Å². The van der Waals surface area contributed by atoms with E-state index in [0.29, 0.717) is 0 Å². The van der Waals surface area contributed by atoms with Crippen LogP contribution in [0.3, 0.4) is 0 Å². The first-order chi connectivity index (χ1) is 4.34. The quantitative estimate of drug-likeness (QED) is 0.514. The van der Waals surface area contributed by atoms with Crippen LogP contribution in [0.15, 0.2) is 17.1 Å². The van der Waals surface area contributed by atoms with Crippen molar-refractivity contribution in [1.29, 1.82) is 0 Å². The lowest BCUT2D eigenvalue weighted by Gasteiger charge is -1.88. The summed E-state index contributed by atoms with van der Waals surface area (Å²) in [5.41, 5.74) is 0.192. The lowest BCUT2D eigenvalue weighted by atomic mass is 10.5. The summed E-state index contributed by atoms with van der Waals surface area (Å²) in [6.07, 6.45) is 2.40. The Morgan fingerprint density at radius 3 is 3.11 bits per heavy atom. The van der Waals surface area contributed by atoms with Crippen molar-refractivity contribution < 1.29 is 13.9 Å². The molecule has 1 heterocycles. The third kappa shape index (κ3) is 1.07. The molecular formula is C5H5NO3. The molecule has 0 N–H and O–H groups in total. The number of oxazole rings is 1. The number of rotatable bonds is 1. The molecule has 0 saturated heterocycles. The molecule has 0 saturated carbocycles. The van der Waals surface area contributed by atoms with Crippen molar-refractivity contribution in [2.24, 2.45) is 0 Å². The van der Waals surface area contributed by atoms with Crippen molar-refractivity contribution in [2.45, 2.75) is 0 Å². The van der Waals surface area contributed by atoms with Crippen LogP contribution in [0.25, 0.3) is 0 Å². The molecule has 0 unspecified atom stereocenters. The van der Waals surface area contributed by atoms with Gasteiger partial charge in [0.15, 0.2) is 12.1 Å². The summed E-state index contributed by atoms with van der Waals surface area (Å²) in [6, 6.07) is 0. The molecule has 1 rings (SSSR count). The molecule has 1 aromatic heterocycles. The largest absolute Gasteiger partial charge is 0.464 e. The maximum absolute atomic E-state index is 10.5. The second-order valence-electron chi connectivity index (χ2n) is 1.37. The zero-order valence-corrected chi connectivity index (χ0v) is 4.83. The van der Waals surface area contributed by atoms with E-state index in [1.54, 1.807) is 0 Å². The predicted molar refractivity (Wildman–Crippen MR) is 27.8 cm³/mol. The van der Waals surface area contributed by atoms with E-state index in [0.717, 1.165) is 0 Å². The van der Waals surface area contributed by atoms with Gasteiger partial charge in [-0.1, -0.05) is 0 Å². The van der Waals surface area contributed by atoms with Gasteiger partial charge in [0.1, 0.15) is 6.26 Å². The van der Waals surface area contributed by atoms with Gasteiger partial charge in [0.25, 0.3) is 0 Å². The molecule has 4 nitrogen and oxygen atoms in total. The van der Waals surface area contributed by atoms with Gasteiger partial charge < -0.3 is 9.15 Å². The second-order valence-corrected chi connectivity index (χ2v) is 1.37. The Morgan fingerprint density at radius 2 is 2.67 bits per heavy atom. The van der Waals surface area contributed by atoms with Crippen LogP contribution >= 0.6 is 0 Å². The maximum Gasteiger partial charge on any atom is 0.360 e. The minimum atomic E-state index is -0.483. The number of carbonyl (C=O) groups is 1. The van der Waals surface area contributed by atoms with E-state index in [1.165, 1.54) is 19.8 Å². The zero-order chi connectivity index (χ0) is 6.69. The van der Waals surface area contributed by atoms with Crippen molar-refractivity contribution in [3.63, 3.8) is 0 Å². The van der Waals surface area contributed by atoms with Crippen LogP contribution in [0.2, 0.25) is 0 Å². The first-order valence-corrected chi connectivity index (χ1v) is 2.31. The molecule has 48 valence electrons. The predicted octanol–water partition coefficient (Wildman–Crippen LogP) is 0.461. The van der Waals surface area contributed by atoms with Crippen LogP contribution in [0.4, 0.5) is 0 Å². The van der Waals surface area contributed by atoms with E-state index in [4.69, 9.17) is 0 Å². The zero-order valence-electron chi connectivity index (χ0n) is 4.83. The van der Waals surface area contributed by atoms with E-state index < -0.39 is 5.97 Å².